The van der Waals surface area contributed by atoms with Gasteiger partial charge in [0.15, 0.2) is 0 Å². The van der Waals surface area contributed by atoms with Crippen LogP contribution in [0.25, 0.3) is 6.08 Å². The largest absolute Gasteiger partial charge is 0.372 e. The molecular formula is C19H25N3O. The van der Waals surface area contributed by atoms with E-state index in [9.17, 15) is 10.1 Å². The maximum absolute atomic E-state index is 12.0. The number of anilines is 1. The van der Waals surface area contributed by atoms with Crippen molar-refractivity contribution in [2.24, 2.45) is 0 Å². The Hall–Kier alpha value is -2.28. The highest BCUT2D eigenvalue weighted by Crippen LogP contribution is 2.21. The molecule has 0 saturated carbocycles. The summed E-state index contributed by atoms with van der Waals surface area (Å²) in [5, 5.41) is 12.0. The van der Waals surface area contributed by atoms with Crippen LogP contribution in [0.5, 0.6) is 0 Å². The summed E-state index contributed by atoms with van der Waals surface area (Å²) >= 11 is 0. The lowest BCUT2D eigenvalue weighted by molar-refractivity contribution is -0.117. The fourth-order valence-electron chi connectivity index (χ4n) is 2.72. The first-order chi connectivity index (χ1) is 11.2. The first kappa shape index (κ1) is 17.1. The van der Waals surface area contributed by atoms with Crippen molar-refractivity contribution in [1.82, 2.24) is 5.32 Å². The monoisotopic (exact) mass is 311 g/mol. The molecule has 0 aliphatic carbocycles. The van der Waals surface area contributed by atoms with Gasteiger partial charge in [-0.2, -0.15) is 5.26 Å². The second-order valence-electron chi connectivity index (χ2n) is 5.92. The Morgan fingerprint density at radius 2 is 1.96 bits per heavy atom. The van der Waals surface area contributed by atoms with Gasteiger partial charge in [0.2, 0.25) is 0 Å². The summed E-state index contributed by atoms with van der Waals surface area (Å²) < 4.78 is 0. The third kappa shape index (κ3) is 5.14. The van der Waals surface area contributed by atoms with E-state index in [4.69, 9.17) is 0 Å². The zero-order chi connectivity index (χ0) is 16.5. The van der Waals surface area contributed by atoms with Gasteiger partial charge in [-0.25, -0.2) is 0 Å². The molecule has 1 aromatic rings. The molecule has 1 amide bonds. The molecule has 122 valence electrons. The van der Waals surface area contributed by atoms with Crippen LogP contribution in [0.4, 0.5) is 5.69 Å². The molecule has 4 nitrogen and oxygen atoms in total. The number of unbranched alkanes of at least 4 members (excludes halogenated alkanes) is 1. The van der Waals surface area contributed by atoms with Crippen LogP contribution in [0.15, 0.2) is 29.8 Å². The molecule has 1 fully saturated rings. The van der Waals surface area contributed by atoms with E-state index < -0.39 is 0 Å². The second kappa shape index (κ2) is 8.99. The number of hydrogen-bond acceptors (Lipinski definition) is 3. The highest BCUT2D eigenvalue weighted by Gasteiger charge is 2.11. The Labute approximate surface area is 138 Å². The lowest BCUT2D eigenvalue weighted by atomic mass is 10.1. The molecule has 1 heterocycles. The van der Waals surface area contributed by atoms with Gasteiger partial charge in [0, 0.05) is 25.3 Å². The highest BCUT2D eigenvalue weighted by atomic mass is 16.1. The summed E-state index contributed by atoms with van der Waals surface area (Å²) in [6.07, 6.45) is 7.41. The molecule has 4 heteroatoms. The van der Waals surface area contributed by atoms with Crippen molar-refractivity contribution in [2.75, 3.05) is 24.5 Å². The molecule has 23 heavy (non-hydrogen) atoms. The molecular weight excluding hydrogens is 286 g/mol. The number of carbonyl (C=O) groups is 1. The Kier molecular flexibility index (Phi) is 6.68. The summed E-state index contributed by atoms with van der Waals surface area (Å²) in [5.74, 6) is -0.291. The number of nitrogens with one attached hydrogen (secondary N) is 1. The van der Waals surface area contributed by atoms with Crippen LogP contribution in [-0.2, 0) is 4.79 Å². The third-order valence-corrected chi connectivity index (χ3v) is 4.11. The number of benzene rings is 1. The van der Waals surface area contributed by atoms with Crippen LogP contribution in [0.3, 0.4) is 0 Å². The van der Waals surface area contributed by atoms with E-state index >= 15 is 0 Å². The van der Waals surface area contributed by atoms with Crippen LogP contribution in [-0.4, -0.2) is 25.5 Å². The van der Waals surface area contributed by atoms with E-state index in [1.54, 1.807) is 6.08 Å². The number of hydrogen-bond donors (Lipinski definition) is 1. The van der Waals surface area contributed by atoms with Crippen LogP contribution < -0.4 is 10.2 Å². The summed E-state index contributed by atoms with van der Waals surface area (Å²) in [6, 6.07) is 10.1. The van der Waals surface area contributed by atoms with Gasteiger partial charge in [-0.15, -0.1) is 0 Å². The molecule has 0 radical (unpaired) electrons. The van der Waals surface area contributed by atoms with Crippen LogP contribution in [0.2, 0.25) is 0 Å². The Morgan fingerprint density at radius 3 is 2.57 bits per heavy atom. The van der Waals surface area contributed by atoms with Crippen molar-refractivity contribution in [1.29, 1.82) is 5.26 Å². The number of nitrogens with zero attached hydrogens (tertiary/aromatic N) is 2. The number of piperidine rings is 1. The summed E-state index contributed by atoms with van der Waals surface area (Å²) in [5.41, 5.74) is 2.26. The SMILES string of the molecule is CCCCNC(=O)C(C#N)=Cc1ccc(N2CCCCC2)cc1. The molecule has 0 atom stereocenters. The minimum atomic E-state index is -0.291. The van der Waals surface area contributed by atoms with E-state index in [0.29, 0.717) is 6.54 Å². The molecule has 1 saturated heterocycles. The van der Waals surface area contributed by atoms with Gasteiger partial charge in [0.25, 0.3) is 5.91 Å². The number of amides is 1. The van der Waals surface area contributed by atoms with Gasteiger partial charge in [-0.05, 0) is 49.5 Å². The number of nitriles is 1. The Balaban J connectivity index is 2.02. The molecule has 0 bridgehead atoms. The van der Waals surface area contributed by atoms with Gasteiger partial charge < -0.3 is 10.2 Å². The van der Waals surface area contributed by atoms with E-state index in [0.717, 1.165) is 31.5 Å². The van der Waals surface area contributed by atoms with Crippen LogP contribution >= 0.6 is 0 Å². The van der Waals surface area contributed by atoms with Crippen LogP contribution in [0.1, 0.15) is 44.6 Å². The van der Waals surface area contributed by atoms with Crippen molar-refractivity contribution in [2.45, 2.75) is 39.0 Å². The maximum atomic E-state index is 12.0. The fourth-order valence-corrected chi connectivity index (χ4v) is 2.72. The molecule has 1 aliphatic rings. The van der Waals surface area contributed by atoms with Crippen LogP contribution in [0, 0.1) is 11.3 Å². The number of carbonyl (C=O) groups excluding carboxylic acids is 1. The third-order valence-electron chi connectivity index (χ3n) is 4.11. The maximum Gasteiger partial charge on any atom is 0.261 e. The second-order valence-corrected chi connectivity index (χ2v) is 5.92. The highest BCUT2D eigenvalue weighted by molar-refractivity contribution is 6.01. The standard InChI is InChI=1S/C19H25N3O/c1-2-3-11-21-19(23)17(15-20)14-16-7-9-18(10-8-16)22-12-5-4-6-13-22/h7-10,14H,2-6,11-13H2,1H3,(H,21,23). The Bertz CT molecular complexity index is 578. The molecule has 1 aromatic carbocycles. The van der Waals surface area contributed by atoms with Crippen molar-refractivity contribution in [3.8, 4) is 6.07 Å². The van der Waals surface area contributed by atoms with Crippen molar-refractivity contribution in [3.63, 3.8) is 0 Å². The smallest absolute Gasteiger partial charge is 0.261 e. The minimum Gasteiger partial charge on any atom is -0.372 e. The minimum absolute atomic E-state index is 0.159. The zero-order valence-corrected chi connectivity index (χ0v) is 13.8. The van der Waals surface area contributed by atoms with Gasteiger partial charge >= 0.3 is 0 Å². The lowest BCUT2D eigenvalue weighted by Crippen LogP contribution is -2.29. The Morgan fingerprint density at radius 1 is 1.26 bits per heavy atom. The summed E-state index contributed by atoms with van der Waals surface area (Å²) in [4.78, 5) is 14.3. The van der Waals surface area contributed by atoms with E-state index in [1.165, 1.54) is 24.9 Å². The van der Waals surface area contributed by atoms with E-state index in [2.05, 4.69) is 29.3 Å². The van der Waals surface area contributed by atoms with Crippen molar-refractivity contribution < 1.29 is 4.79 Å². The molecule has 0 aromatic heterocycles. The van der Waals surface area contributed by atoms with Gasteiger partial charge in [-0.3, -0.25) is 4.79 Å². The van der Waals surface area contributed by atoms with Gasteiger partial charge in [0.1, 0.15) is 11.6 Å². The molecule has 2 rings (SSSR count). The predicted molar refractivity (Wildman–Crippen MR) is 94.0 cm³/mol. The number of rotatable bonds is 6. The molecule has 1 N–H and O–H groups in total. The molecule has 0 unspecified atom stereocenters. The van der Waals surface area contributed by atoms with Gasteiger partial charge in [-0.1, -0.05) is 25.5 Å². The molecule has 1 aliphatic heterocycles. The zero-order valence-electron chi connectivity index (χ0n) is 13.8. The first-order valence-corrected chi connectivity index (χ1v) is 8.49. The topological polar surface area (TPSA) is 56.1 Å². The first-order valence-electron chi connectivity index (χ1n) is 8.49. The van der Waals surface area contributed by atoms with E-state index in [-0.39, 0.29) is 11.5 Å². The lowest BCUT2D eigenvalue weighted by Gasteiger charge is -2.28. The molecule has 0 spiro atoms. The summed E-state index contributed by atoms with van der Waals surface area (Å²) in [6.45, 7) is 4.90. The average Bonchev–Trinajstić information content (AvgIpc) is 2.61. The van der Waals surface area contributed by atoms with Crippen molar-refractivity contribution >= 4 is 17.7 Å². The summed E-state index contributed by atoms with van der Waals surface area (Å²) in [7, 11) is 0. The van der Waals surface area contributed by atoms with Crippen molar-refractivity contribution in [3.05, 3.63) is 35.4 Å². The average molecular weight is 311 g/mol. The normalized spacial score (nSPS) is 15.1. The predicted octanol–water partition coefficient (Wildman–Crippen LogP) is 3.50. The fraction of sp³-hybridized carbons (Fsp3) is 0.474. The van der Waals surface area contributed by atoms with Gasteiger partial charge in [0.05, 0.1) is 0 Å². The quantitative estimate of drug-likeness (QED) is 0.497. The van der Waals surface area contributed by atoms with E-state index in [1.807, 2.05) is 18.2 Å².